The number of nitrogens with one attached hydrogen (secondary N) is 2. The van der Waals surface area contributed by atoms with Gasteiger partial charge in [0.25, 0.3) is 0 Å². The lowest BCUT2D eigenvalue weighted by Gasteiger charge is -2.18. The lowest BCUT2D eigenvalue weighted by molar-refractivity contribution is 0.365. The molecule has 0 aromatic carbocycles. The van der Waals surface area contributed by atoms with Crippen molar-refractivity contribution >= 4 is 16.2 Å². The summed E-state index contributed by atoms with van der Waals surface area (Å²) in [6.45, 7) is 7.13. The van der Waals surface area contributed by atoms with Crippen LogP contribution in [0.25, 0.3) is 0 Å². The molecule has 0 aliphatic carbocycles. The second-order valence-electron chi connectivity index (χ2n) is 4.80. The molecule has 0 amide bonds. The van der Waals surface area contributed by atoms with E-state index in [0.29, 0.717) is 6.54 Å². The van der Waals surface area contributed by atoms with Crippen molar-refractivity contribution < 1.29 is 8.42 Å². The predicted molar refractivity (Wildman–Crippen MR) is 66.3 cm³/mol. The summed E-state index contributed by atoms with van der Waals surface area (Å²) >= 11 is 0. The van der Waals surface area contributed by atoms with Crippen molar-refractivity contribution in [1.29, 1.82) is 0 Å². The molecule has 0 aliphatic rings. The summed E-state index contributed by atoms with van der Waals surface area (Å²) in [7, 11) is -2.25. The normalized spacial score (nSPS) is 13.7. The molecule has 7 heteroatoms. The molecule has 0 aromatic heterocycles. The van der Waals surface area contributed by atoms with Crippen molar-refractivity contribution in [2.24, 2.45) is 15.0 Å². The molecule has 4 N–H and O–H groups in total. The van der Waals surface area contributed by atoms with Gasteiger partial charge >= 0.3 is 10.2 Å². The summed E-state index contributed by atoms with van der Waals surface area (Å²) in [6.07, 6.45) is 1.99. The smallest absolute Gasteiger partial charge is 0.320 e. The highest BCUT2D eigenvalue weighted by Gasteiger charge is 2.09. The standard InChI is InChI=1S/C9H22N4O2S/c1-9(2,3)6-5-7-12-8(11-4)13-16(10,14)15/h5-7H2,1-4H3,(H2,10,14,15)(H2,11,12,13). The Morgan fingerprint density at radius 3 is 2.31 bits per heavy atom. The van der Waals surface area contributed by atoms with Gasteiger partial charge in [0.1, 0.15) is 0 Å². The van der Waals surface area contributed by atoms with Gasteiger partial charge in [-0.05, 0) is 18.3 Å². The van der Waals surface area contributed by atoms with Crippen LogP contribution in [0.15, 0.2) is 4.40 Å². The highest BCUT2D eigenvalue weighted by atomic mass is 32.2. The fourth-order valence-corrected chi connectivity index (χ4v) is 1.53. The molecule has 0 atom stereocenters. The average molecular weight is 250 g/mol. The summed E-state index contributed by atoms with van der Waals surface area (Å²) in [5.41, 5.74) is 0.276. The lowest BCUT2D eigenvalue weighted by Crippen LogP contribution is -2.37. The second kappa shape index (κ2) is 6.05. The highest BCUT2D eigenvalue weighted by molar-refractivity contribution is 7.88. The summed E-state index contributed by atoms with van der Waals surface area (Å²) in [5, 5.41) is 10.3. The highest BCUT2D eigenvalue weighted by Crippen LogP contribution is 2.19. The van der Waals surface area contributed by atoms with Crippen LogP contribution in [0.5, 0.6) is 0 Å². The first kappa shape index (κ1) is 15.2. The van der Waals surface area contributed by atoms with E-state index >= 15 is 0 Å². The van der Waals surface area contributed by atoms with Gasteiger partial charge < -0.3 is 10.6 Å². The summed E-state index contributed by atoms with van der Waals surface area (Å²) in [5.74, 6) is 0.177. The Morgan fingerprint density at radius 1 is 1.38 bits per heavy atom. The first-order valence-corrected chi connectivity index (χ1v) is 6.69. The molecule has 6 nitrogen and oxygen atoms in total. The van der Waals surface area contributed by atoms with E-state index in [1.54, 1.807) is 7.05 Å². The molecule has 0 aromatic rings. The van der Waals surface area contributed by atoms with Crippen LogP contribution in [-0.4, -0.2) is 28.0 Å². The minimum Gasteiger partial charge on any atom is -0.359 e. The van der Waals surface area contributed by atoms with Crippen molar-refractivity contribution in [2.75, 3.05) is 13.6 Å². The molecule has 0 fully saturated rings. The molecule has 0 saturated heterocycles. The van der Waals surface area contributed by atoms with Gasteiger partial charge in [0.15, 0.2) is 0 Å². The fourth-order valence-electron chi connectivity index (χ4n) is 1.12. The Hall–Kier alpha value is -0.820. The lowest BCUT2D eigenvalue weighted by atomic mass is 9.91. The van der Waals surface area contributed by atoms with E-state index < -0.39 is 10.2 Å². The summed E-state index contributed by atoms with van der Waals surface area (Å²) < 4.78 is 24.7. The van der Waals surface area contributed by atoms with Gasteiger partial charge in [-0.2, -0.15) is 8.42 Å². The monoisotopic (exact) mass is 250 g/mol. The summed E-state index contributed by atoms with van der Waals surface area (Å²) in [6, 6.07) is 0. The van der Waals surface area contributed by atoms with Crippen LogP contribution in [0.1, 0.15) is 33.6 Å². The Labute approximate surface area is 97.9 Å². The van der Waals surface area contributed by atoms with E-state index in [0.717, 1.165) is 12.8 Å². The zero-order valence-corrected chi connectivity index (χ0v) is 11.2. The second-order valence-corrected chi connectivity index (χ2v) is 6.01. The molecule has 0 radical (unpaired) electrons. The number of nitrogens with two attached hydrogens (primary N) is 1. The van der Waals surface area contributed by atoms with Crippen LogP contribution in [0.4, 0.5) is 0 Å². The number of hydrogen-bond donors (Lipinski definition) is 3. The van der Waals surface area contributed by atoms with Crippen molar-refractivity contribution in [1.82, 2.24) is 10.6 Å². The van der Waals surface area contributed by atoms with E-state index in [-0.39, 0.29) is 11.4 Å². The number of nitrogens with zero attached hydrogens (tertiary/aromatic N) is 1. The average Bonchev–Trinajstić information content (AvgIpc) is 2.06. The quantitative estimate of drug-likeness (QED) is 0.377. The maximum Gasteiger partial charge on any atom is 0.320 e. The predicted octanol–water partition coefficient (Wildman–Crippen LogP) is 0.181. The molecule has 0 unspecified atom stereocenters. The van der Waals surface area contributed by atoms with Gasteiger partial charge in [-0.1, -0.05) is 20.8 Å². The maximum absolute atomic E-state index is 10.7. The molecular weight excluding hydrogens is 228 g/mol. The first-order chi connectivity index (χ1) is 7.14. The molecule has 0 aliphatic heterocycles. The Morgan fingerprint density at radius 2 is 1.94 bits per heavy atom. The van der Waals surface area contributed by atoms with Gasteiger partial charge in [-0.25, -0.2) is 5.14 Å². The molecule has 0 saturated carbocycles. The van der Waals surface area contributed by atoms with Crippen LogP contribution in [-0.2, 0) is 10.2 Å². The van der Waals surface area contributed by atoms with Crippen LogP contribution >= 0.6 is 0 Å². The Kier molecular flexibility index (Phi) is 5.74. The van der Waals surface area contributed by atoms with E-state index in [1.807, 2.05) is 0 Å². The van der Waals surface area contributed by atoms with Crippen LogP contribution in [0.2, 0.25) is 0 Å². The van der Waals surface area contributed by atoms with Gasteiger partial charge in [0.2, 0.25) is 5.96 Å². The third-order valence-corrected chi connectivity index (χ3v) is 2.29. The van der Waals surface area contributed by atoms with Crippen LogP contribution in [0.3, 0.4) is 0 Å². The van der Waals surface area contributed by atoms with Gasteiger partial charge in [-0.15, -0.1) is 4.40 Å². The van der Waals surface area contributed by atoms with Crippen molar-refractivity contribution in [2.45, 2.75) is 33.6 Å². The number of hydrogen-bond acceptors (Lipinski definition) is 2. The fraction of sp³-hybridized carbons (Fsp3) is 0.889. The maximum atomic E-state index is 10.7. The molecule has 0 heterocycles. The van der Waals surface area contributed by atoms with E-state index in [4.69, 9.17) is 5.14 Å². The van der Waals surface area contributed by atoms with Gasteiger partial charge in [-0.3, -0.25) is 0 Å². The SMILES string of the molecule is CN/C(=N\S(N)(=O)=O)NCCCC(C)(C)C. The summed E-state index contributed by atoms with van der Waals surface area (Å²) in [4.78, 5) is 0. The van der Waals surface area contributed by atoms with Crippen LogP contribution in [0, 0.1) is 5.41 Å². The van der Waals surface area contributed by atoms with Crippen LogP contribution < -0.4 is 15.8 Å². The zero-order valence-electron chi connectivity index (χ0n) is 10.4. The van der Waals surface area contributed by atoms with Crippen molar-refractivity contribution in [3.8, 4) is 0 Å². The molecule has 96 valence electrons. The Bertz CT molecular complexity index is 330. The molecule has 0 rings (SSSR count). The van der Waals surface area contributed by atoms with E-state index in [2.05, 4.69) is 35.8 Å². The van der Waals surface area contributed by atoms with E-state index in [1.165, 1.54) is 0 Å². The first-order valence-electron chi connectivity index (χ1n) is 5.18. The van der Waals surface area contributed by atoms with Crippen molar-refractivity contribution in [3.05, 3.63) is 0 Å². The minimum absolute atomic E-state index is 0.177. The third-order valence-electron chi connectivity index (χ3n) is 1.85. The number of guanidine groups is 1. The van der Waals surface area contributed by atoms with Gasteiger partial charge in [0, 0.05) is 13.6 Å². The zero-order chi connectivity index (χ0) is 12.8. The van der Waals surface area contributed by atoms with Gasteiger partial charge in [0.05, 0.1) is 0 Å². The van der Waals surface area contributed by atoms with E-state index in [9.17, 15) is 8.42 Å². The molecular formula is C9H22N4O2S. The minimum atomic E-state index is -3.84. The number of rotatable bonds is 4. The molecule has 0 spiro atoms. The largest absolute Gasteiger partial charge is 0.359 e. The topological polar surface area (TPSA) is 96.6 Å². The van der Waals surface area contributed by atoms with Crippen molar-refractivity contribution in [3.63, 3.8) is 0 Å². The third kappa shape index (κ3) is 9.72. The molecule has 0 bridgehead atoms. The molecule has 16 heavy (non-hydrogen) atoms. The Balaban J connectivity index is 4.04.